The smallest absolute Gasteiger partial charge is 0.417 e. The van der Waals surface area contributed by atoms with Crippen molar-refractivity contribution in [1.82, 2.24) is 0 Å². The normalized spacial score (nSPS) is 11.3. The number of esters is 1. The summed E-state index contributed by atoms with van der Waals surface area (Å²) in [5.41, 5.74) is -0.532. The number of halogens is 3. The molecular weight excluding hydrogens is 335 g/mol. The Hall–Kier alpha value is -3.27. The van der Waals surface area contributed by atoms with Crippen molar-refractivity contribution in [3.05, 3.63) is 59.4 Å². The molecule has 4 nitrogen and oxygen atoms in total. The molecule has 2 aromatic carbocycles. The van der Waals surface area contributed by atoms with E-state index in [9.17, 15) is 18.0 Å². The van der Waals surface area contributed by atoms with Crippen LogP contribution in [0, 0.1) is 11.3 Å². The number of carbonyl (C=O) groups is 1. The second-order valence-corrected chi connectivity index (χ2v) is 5.22. The zero-order valence-electron chi connectivity index (χ0n) is 12.8. The van der Waals surface area contributed by atoms with Gasteiger partial charge in [-0.05, 0) is 35.9 Å². The van der Waals surface area contributed by atoms with Crippen LogP contribution >= 0.6 is 0 Å². The van der Waals surface area contributed by atoms with Crippen molar-refractivity contribution >= 4 is 16.9 Å². The standard InChI is InChI=1S/C18H10F3NO3/c1-24-17(23)13-3-2-11(8-15(13)18(19,20)21)14-7-10(9-22)6-12-4-5-25-16(12)14/h2-8H,1H3. The van der Waals surface area contributed by atoms with Crippen LogP contribution in [0.3, 0.4) is 0 Å². The largest absolute Gasteiger partial charge is 0.465 e. The average molecular weight is 345 g/mol. The highest BCUT2D eigenvalue weighted by Crippen LogP contribution is 2.37. The number of rotatable bonds is 2. The minimum absolute atomic E-state index is 0.178. The molecule has 0 amide bonds. The lowest BCUT2D eigenvalue weighted by Crippen LogP contribution is -2.14. The Morgan fingerprint density at radius 1 is 1.20 bits per heavy atom. The van der Waals surface area contributed by atoms with Crippen LogP contribution in [-0.4, -0.2) is 13.1 Å². The van der Waals surface area contributed by atoms with E-state index in [1.807, 2.05) is 6.07 Å². The number of nitrogens with zero attached hydrogens (tertiary/aromatic N) is 1. The topological polar surface area (TPSA) is 63.2 Å². The third kappa shape index (κ3) is 2.94. The van der Waals surface area contributed by atoms with Crippen LogP contribution in [0.2, 0.25) is 0 Å². The fourth-order valence-corrected chi connectivity index (χ4v) is 2.60. The fourth-order valence-electron chi connectivity index (χ4n) is 2.60. The summed E-state index contributed by atoms with van der Waals surface area (Å²) >= 11 is 0. The molecule has 0 aliphatic rings. The van der Waals surface area contributed by atoms with Crippen LogP contribution in [0.25, 0.3) is 22.1 Å². The molecule has 1 heterocycles. The summed E-state index contributed by atoms with van der Waals surface area (Å²) in [6.45, 7) is 0. The maximum Gasteiger partial charge on any atom is 0.417 e. The van der Waals surface area contributed by atoms with Crippen molar-refractivity contribution in [2.24, 2.45) is 0 Å². The molecule has 126 valence electrons. The summed E-state index contributed by atoms with van der Waals surface area (Å²) in [7, 11) is 1.01. The molecule has 1 aromatic heterocycles. The van der Waals surface area contributed by atoms with Crippen LogP contribution in [0.5, 0.6) is 0 Å². The van der Waals surface area contributed by atoms with Gasteiger partial charge in [0.05, 0.1) is 36.1 Å². The van der Waals surface area contributed by atoms with Crippen molar-refractivity contribution in [2.45, 2.75) is 6.18 Å². The highest BCUT2D eigenvalue weighted by Gasteiger charge is 2.36. The van der Waals surface area contributed by atoms with Crippen molar-refractivity contribution in [1.29, 1.82) is 5.26 Å². The summed E-state index contributed by atoms with van der Waals surface area (Å²) in [6.07, 6.45) is -3.35. The van der Waals surface area contributed by atoms with Gasteiger partial charge >= 0.3 is 12.1 Å². The second kappa shape index (κ2) is 5.98. The van der Waals surface area contributed by atoms with Crippen molar-refractivity contribution in [2.75, 3.05) is 7.11 Å². The Kier molecular flexibility index (Phi) is 3.97. The molecule has 25 heavy (non-hydrogen) atoms. The van der Waals surface area contributed by atoms with Gasteiger partial charge < -0.3 is 9.15 Å². The number of hydrogen-bond donors (Lipinski definition) is 0. The number of ether oxygens (including phenoxy) is 1. The molecule has 0 aliphatic heterocycles. The monoisotopic (exact) mass is 345 g/mol. The lowest BCUT2D eigenvalue weighted by atomic mass is 9.96. The van der Waals surface area contributed by atoms with Crippen molar-refractivity contribution in [3.63, 3.8) is 0 Å². The van der Waals surface area contributed by atoms with Gasteiger partial charge in [-0.1, -0.05) is 6.07 Å². The van der Waals surface area contributed by atoms with Gasteiger partial charge in [-0.2, -0.15) is 18.4 Å². The van der Waals surface area contributed by atoms with E-state index in [4.69, 9.17) is 9.68 Å². The van der Waals surface area contributed by atoms with Gasteiger partial charge in [0.15, 0.2) is 0 Å². The maximum atomic E-state index is 13.4. The zero-order valence-corrected chi connectivity index (χ0v) is 12.8. The number of hydrogen-bond acceptors (Lipinski definition) is 4. The Bertz CT molecular complexity index is 1010. The Balaban J connectivity index is 2.28. The minimum Gasteiger partial charge on any atom is -0.465 e. The molecule has 0 fully saturated rings. The Morgan fingerprint density at radius 3 is 2.60 bits per heavy atom. The fraction of sp³-hybridized carbons (Fsp3) is 0.111. The number of benzene rings is 2. The van der Waals surface area contributed by atoms with Crippen molar-refractivity contribution < 1.29 is 27.1 Å². The summed E-state index contributed by atoms with van der Waals surface area (Å²) in [5, 5.41) is 9.71. The molecule has 0 saturated heterocycles. The lowest BCUT2D eigenvalue weighted by molar-refractivity contribution is -0.138. The van der Waals surface area contributed by atoms with E-state index >= 15 is 0 Å². The number of alkyl halides is 3. The minimum atomic E-state index is -4.74. The van der Waals surface area contributed by atoms with E-state index < -0.39 is 23.3 Å². The van der Waals surface area contributed by atoms with E-state index in [0.29, 0.717) is 16.5 Å². The van der Waals surface area contributed by atoms with E-state index in [1.54, 1.807) is 12.1 Å². The number of furan rings is 1. The lowest BCUT2D eigenvalue weighted by Gasteiger charge is -2.13. The molecule has 0 saturated carbocycles. The summed E-state index contributed by atoms with van der Waals surface area (Å²) in [4.78, 5) is 11.6. The summed E-state index contributed by atoms with van der Waals surface area (Å²) in [5.74, 6) is -1.08. The molecule has 0 bridgehead atoms. The first-order chi connectivity index (χ1) is 11.8. The van der Waals surface area contributed by atoms with E-state index in [2.05, 4.69) is 4.74 Å². The third-order valence-electron chi connectivity index (χ3n) is 3.72. The molecular formula is C18H10F3NO3. The molecule has 3 rings (SSSR count). The SMILES string of the molecule is COC(=O)c1ccc(-c2cc(C#N)cc3ccoc23)cc1C(F)(F)F. The average Bonchev–Trinajstić information content (AvgIpc) is 3.07. The van der Waals surface area contributed by atoms with Crippen LogP contribution in [0.1, 0.15) is 21.5 Å². The third-order valence-corrected chi connectivity index (χ3v) is 3.72. The first-order valence-electron chi connectivity index (χ1n) is 7.06. The summed E-state index contributed by atoms with van der Waals surface area (Å²) < 4.78 is 49.8. The van der Waals surface area contributed by atoms with E-state index in [-0.39, 0.29) is 11.1 Å². The van der Waals surface area contributed by atoms with Gasteiger partial charge in [0.1, 0.15) is 5.58 Å². The Labute approximate surface area is 140 Å². The first-order valence-corrected chi connectivity index (χ1v) is 7.06. The molecule has 0 N–H and O–H groups in total. The summed E-state index contributed by atoms with van der Waals surface area (Å²) in [6, 6.07) is 9.87. The predicted molar refractivity (Wildman–Crippen MR) is 82.7 cm³/mol. The van der Waals surface area contributed by atoms with Crippen LogP contribution < -0.4 is 0 Å². The zero-order chi connectivity index (χ0) is 18.2. The Morgan fingerprint density at radius 2 is 1.96 bits per heavy atom. The highest BCUT2D eigenvalue weighted by molar-refractivity contribution is 5.96. The molecule has 7 heteroatoms. The molecule has 0 aliphatic carbocycles. The predicted octanol–water partition coefficient (Wildman–Crippen LogP) is 4.78. The molecule has 0 unspecified atom stereocenters. The maximum absolute atomic E-state index is 13.4. The van der Waals surface area contributed by atoms with Gasteiger partial charge in [-0.3, -0.25) is 0 Å². The van der Waals surface area contributed by atoms with E-state index in [0.717, 1.165) is 19.2 Å². The molecule has 0 atom stereocenters. The molecule has 3 aromatic rings. The van der Waals surface area contributed by atoms with Gasteiger partial charge in [-0.15, -0.1) is 0 Å². The highest BCUT2D eigenvalue weighted by atomic mass is 19.4. The molecule has 0 radical (unpaired) electrons. The second-order valence-electron chi connectivity index (χ2n) is 5.22. The number of fused-ring (bicyclic) bond motifs is 1. The van der Waals surface area contributed by atoms with Crippen LogP contribution in [0.4, 0.5) is 13.2 Å². The van der Waals surface area contributed by atoms with Crippen LogP contribution in [0.15, 0.2) is 47.1 Å². The van der Waals surface area contributed by atoms with E-state index in [1.165, 1.54) is 18.4 Å². The van der Waals surface area contributed by atoms with Crippen molar-refractivity contribution in [3.8, 4) is 17.2 Å². The van der Waals surface area contributed by atoms with Gasteiger partial charge in [0.2, 0.25) is 0 Å². The van der Waals surface area contributed by atoms with Gasteiger partial charge in [0, 0.05) is 10.9 Å². The molecule has 0 spiro atoms. The quantitative estimate of drug-likeness (QED) is 0.627. The number of carbonyl (C=O) groups excluding carboxylic acids is 1. The first kappa shape index (κ1) is 16.6. The number of nitriles is 1. The number of methoxy groups -OCH3 is 1. The van der Waals surface area contributed by atoms with Crippen LogP contribution in [-0.2, 0) is 10.9 Å². The van der Waals surface area contributed by atoms with Gasteiger partial charge in [0.25, 0.3) is 0 Å². The van der Waals surface area contributed by atoms with Gasteiger partial charge in [-0.25, -0.2) is 4.79 Å².